The highest BCUT2D eigenvalue weighted by Crippen LogP contribution is 2.33. The standard InChI is InChI=1S/C21H22FN3O2S/c1-14-5-4-6-18(15(14)2)27-12-9-20(26)24-17-13-16(22)7-8-19(17)28-21-23-10-11-25(21)3/h4-8,10-11,13H,9,12H2,1-3H3,(H,24,26). The summed E-state index contributed by atoms with van der Waals surface area (Å²) in [7, 11) is 1.88. The number of carbonyl (C=O) groups is 1. The molecule has 0 aliphatic carbocycles. The molecule has 0 saturated heterocycles. The van der Waals surface area contributed by atoms with Crippen molar-refractivity contribution in [2.24, 2.45) is 7.05 Å². The van der Waals surface area contributed by atoms with Gasteiger partial charge in [0.2, 0.25) is 5.91 Å². The van der Waals surface area contributed by atoms with Gasteiger partial charge in [-0.25, -0.2) is 9.37 Å². The van der Waals surface area contributed by atoms with Gasteiger partial charge in [0, 0.05) is 24.3 Å². The zero-order valence-electron chi connectivity index (χ0n) is 16.0. The van der Waals surface area contributed by atoms with Crippen molar-refractivity contribution in [3.8, 4) is 5.75 Å². The third kappa shape index (κ3) is 4.92. The summed E-state index contributed by atoms with van der Waals surface area (Å²) in [6.45, 7) is 4.24. The second-order valence-electron chi connectivity index (χ2n) is 6.41. The Balaban J connectivity index is 1.62. The number of anilines is 1. The third-order valence-electron chi connectivity index (χ3n) is 4.34. The van der Waals surface area contributed by atoms with Crippen LogP contribution in [-0.2, 0) is 11.8 Å². The summed E-state index contributed by atoms with van der Waals surface area (Å²) in [5, 5.41) is 3.53. The summed E-state index contributed by atoms with van der Waals surface area (Å²) in [5.74, 6) is 0.119. The quantitative estimate of drug-likeness (QED) is 0.624. The van der Waals surface area contributed by atoms with E-state index in [1.807, 2.05) is 49.9 Å². The highest BCUT2D eigenvalue weighted by atomic mass is 32.2. The average Bonchev–Trinajstić information content (AvgIpc) is 3.05. The number of aromatic nitrogens is 2. The maximum Gasteiger partial charge on any atom is 0.227 e. The molecule has 5 nitrogen and oxygen atoms in total. The van der Waals surface area contributed by atoms with Gasteiger partial charge in [-0.15, -0.1) is 0 Å². The van der Waals surface area contributed by atoms with Crippen LogP contribution >= 0.6 is 11.8 Å². The van der Waals surface area contributed by atoms with Crippen molar-refractivity contribution in [3.05, 3.63) is 65.7 Å². The molecule has 0 spiro atoms. The molecule has 0 fully saturated rings. The first kappa shape index (κ1) is 19.9. The molecule has 146 valence electrons. The first-order valence-corrected chi connectivity index (χ1v) is 9.69. The van der Waals surface area contributed by atoms with Crippen molar-refractivity contribution in [2.45, 2.75) is 30.3 Å². The van der Waals surface area contributed by atoms with E-state index >= 15 is 0 Å². The fourth-order valence-electron chi connectivity index (χ4n) is 2.58. The zero-order chi connectivity index (χ0) is 20.1. The molecule has 0 saturated carbocycles. The van der Waals surface area contributed by atoms with Crippen LogP contribution in [0.5, 0.6) is 5.75 Å². The number of aryl methyl sites for hydroxylation is 2. The minimum absolute atomic E-state index is 0.163. The van der Waals surface area contributed by atoms with E-state index in [9.17, 15) is 9.18 Å². The monoisotopic (exact) mass is 399 g/mol. The third-order valence-corrected chi connectivity index (χ3v) is 5.49. The number of nitrogens with zero attached hydrogens (tertiary/aromatic N) is 2. The summed E-state index contributed by atoms with van der Waals surface area (Å²) in [4.78, 5) is 17.3. The molecule has 1 N–H and O–H groups in total. The molecule has 1 heterocycles. The molecule has 1 aromatic heterocycles. The summed E-state index contributed by atoms with van der Waals surface area (Å²) in [5.41, 5.74) is 2.61. The fraction of sp³-hybridized carbons (Fsp3) is 0.238. The molecular formula is C21H22FN3O2S. The van der Waals surface area contributed by atoms with E-state index in [1.165, 1.54) is 23.9 Å². The van der Waals surface area contributed by atoms with Crippen LogP contribution in [0.15, 0.2) is 58.8 Å². The lowest BCUT2D eigenvalue weighted by Crippen LogP contribution is -2.16. The van der Waals surface area contributed by atoms with Crippen molar-refractivity contribution in [2.75, 3.05) is 11.9 Å². The van der Waals surface area contributed by atoms with Crippen LogP contribution in [0.25, 0.3) is 0 Å². The Labute approximate surface area is 167 Å². The first-order valence-electron chi connectivity index (χ1n) is 8.87. The number of hydrogen-bond acceptors (Lipinski definition) is 4. The number of hydrogen-bond donors (Lipinski definition) is 1. The number of carbonyl (C=O) groups excluding carboxylic acids is 1. The highest BCUT2D eigenvalue weighted by molar-refractivity contribution is 7.99. The molecular weight excluding hydrogens is 377 g/mol. The largest absolute Gasteiger partial charge is 0.493 e. The van der Waals surface area contributed by atoms with Gasteiger partial charge in [-0.05, 0) is 61.0 Å². The normalized spacial score (nSPS) is 10.7. The maximum atomic E-state index is 13.7. The molecule has 3 aromatic rings. The van der Waals surface area contributed by atoms with Crippen LogP contribution in [-0.4, -0.2) is 22.1 Å². The van der Waals surface area contributed by atoms with Crippen molar-refractivity contribution in [1.29, 1.82) is 0 Å². The van der Waals surface area contributed by atoms with E-state index in [1.54, 1.807) is 12.3 Å². The van der Waals surface area contributed by atoms with Gasteiger partial charge in [-0.2, -0.15) is 0 Å². The Kier molecular flexibility index (Phi) is 6.36. The van der Waals surface area contributed by atoms with Crippen LogP contribution in [0.2, 0.25) is 0 Å². The molecule has 28 heavy (non-hydrogen) atoms. The predicted molar refractivity (Wildman–Crippen MR) is 108 cm³/mol. The molecule has 0 bridgehead atoms. The second-order valence-corrected chi connectivity index (χ2v) is 7.42. The molecule has 0 aliphatic heterocycles. The summed E-state index contributed by atoms with van der Waals surface area (Å²) >= 11 is 1.36. The van der Waals surface area contributed by atoms with Crippen LogP contribution < -0.4 is 10.1 Å². The zero-order valence-corrected chi connectivity index (χ0v) is 16.8. The molecule has 0 aliphatic rings. The average molecular weight is 399 g/mol. The van der Waals surface area contributed by atoms with E-state index in [0.717, 1.165) is 26.9 Å². The fourth-order valence-corrected chi connectivity index (χ4v) is 3.46. The van der Waals surface area contributed by atoms with Gasteiger partial charge in [-0.3, -0.25) is 4.79 Å². The number of benzene rings is 2. The Morgan fingerprint density at radius 1 is 1.29 bits per heavy atom. The van der Waals surface area contributed by atoms with Crippen molar-refractivity contribution >= 4 is 23.4 Å². The van der Waals surface area contributed by atoms with E-state index in [4.69, 9.17) is 4.74 Å². The van der Waals surface area contributed by atoms with Crippen molar-refractivity contribution < 1.29 is 13.9 Å². The molecule has 0 unspecified atom stereocenters. The van der Waals surface area contributed by atoms with Gasteiger partial charge in [0.05, 0.1) is 18.7 Å². The summed E-state index contributed by atoms with van der Waals surface area (Å²) in [6, 6.07) is 10.1. The van der Waals surface area contributed by atoms with E-state index in [2.05, 4.69) is 10.3 Å². The van der Waals surface area contributed by atoms with Crippen molar-refractivity contribution in [3.63, 3.8) is 0 Å². The Hall–Kier alpha value is -2.80. The van der Waals surface area contributed by atoms with E-state index in [0.29, 0.717) is 5.69 Å². The molecule has 1 amide bonds. The molecule has 2 aromatic carbocycles. The van der Waals surface area contributed by atoms with Crippen LogP contribution in [0.1, 0.15) is 17.5 Å². The number of nitrogens with one attached hydrogen (secondary N) is 1. The Morgan fingerprint density at radius 3 is 2.86 bits per heavy atom. The number of rotatable bonds is 7. The Morgan fingerprint density at radius 2 is 2.11 bits per heavy atom. The first-order chi connectivity index (χ1) is 13.4. The highest BCUT2D eigenvalue weighted by Gasteiger charge is 2.12. The summed E-state index contributed by atoms with van der Waals surface area (Å²) in [6.07, 6.45) is 3.68. The second kappa shape index (κ2) is 8.93. The predicted octanol–water partition coefficient (Wildman–Crippen LogP) is 4.73. The number of halogens is 1. The van der Waals surface area contributed by atoms with Crippen molar-refractivity contribution in [1.82, 2.24) is 9.55 Å². The maximum absolute atomic E-state index is 13.7. The van der Waals surface area contributed by atoms with Gasteiger partial charge >= 0.3 is 0 Å². The smallest absolute Gasteiger partial charge is 0.227 e. The Bertz CT molecular complexity index is 988. The minimum atomic E-state index is -0.411. The molecule has 7 heteroatoms. The minimum Gasteiger partial charge on any atom is -0.493 e. The topological polar surface area (TPSA) is 56.1 Å². The van der Waals surface area contributed by atoms with E-state index in [-0.39, 0.29) is 18.9 Å². The van der Waals surface area contributed by atoms with Gasteiger partial charge in [0.25, 0.3) is 0 Å². The molecule has 0 radical (unpaired) electrons. The van der Waals surface area contributed by atoms with E-state index < -0.39 is 5.82 Å². The number of amides is 1. The van der Waals surface area contributed by atoms with Crippen LogP contribution in [0, 0.1) is 19.7 Å². The lowest BCUT2D eigenvalue weighted by atomic mass is 10.1. The van der Waals surface area contributed by atoms with Gasteiger partial charge in [0.1, 0.15) is 11.6 Å². The summed E-state index contributed by atoms with van der Waals surface area (Å²) < 4.78 is 21.3. The van der Waals surface area contributed by atoms with Gasteiger partial charge < -0.3 is 14.6 Å². The molecule has 0 atom stereocenters. The lowest BCUT2D eigenvalue weighted by molar-refractivity contribution is -0.116. The molecule has 3 rings (SSSR count). The van der Waals surface area contributed by atoms with Gasteiger partial charge in [-0.1, -0.05) is 12.1 Å². The van der Waals surface area contributed by atoms with Crippen LogP contribution in [0.4, 0.5) is 10.1 Å². The number of imidazole rings is 1. The SMILES string of the molecule is Cc1cccc(OCCC(=O)Nc2cc(F)ccc2Sc2nccn2C)c1C. The lowest BCUT2D eigenvalue weighted by Gasteiger charge is -2.13. The number of ether oxygens (including phenoxy) is 1. The van der Waals surface area contributed by atoms with Gasteiger partial charge in [0.15, 0.2) is 5.16 Å². The van der Waals surface area contributed by atoms with Crippen LogP contribution in [0.3, 0.4) is 0 Å².